The summed E-state index contributed by atoms with van der Waals surface area (Å²) in [5.74, 6) is -1.62. The maximum atomic E-state index is 13.1. The van der Waals surface area contributed by atoms with Gasteiger partial charge in [-0.25, -0.2) is 9.13 Å². The number of phosphoric acid groups is 2. The van der Waals surface area contributed by atoms with E-state index in [9.17, 15) is 43.5 Å². The number of carbonyl (C=O) groups excluding carboxylic acids is 3. The molecule has 0 saturated carbocycles. The van der Waals surface area contributed by atoms with Crippen LogP contribution in [-0.2, 0) is 55.8 Å². The van der Waals surface area contributed by atoms with Crippen LogP contribution in [0, 0.1) is 0 Å². The van der Waals surface area contributed by atoms with Crippen molar-refractivity contribution in [1.29, 1.82) is 0 Å². The Bertz CT molecular complexity index is 2960. The molecule has 0 rings (SSSR count). The highest BCUT2D eigenvalue weighted by atomic mass is 31.2. The molecule has 664 valence electrons. The lowest BCUT2D eigenvalue weighted by molar-refractivity contribution is -0.161. The van der Waals surface area contributed by atoms with Crippen molar-refractivity contribution >= 4 is 33.6 Å². The van der Waals surface area contributed by atoms with Gasteiger partial charge in [-0.3, -0.25) is 32.5 Å². The first-order chi connectivity index (χ1) is 57.2. The normalized spacial score (nSPS) is 14.8. The maximum absolute atomic E-state index is 13.1. The van der Waals surface area contributed by atoms with Crippen LogP contribution in [0.4, 0.5) is 0 Å². The summed E-state index contributed by atoms with van der Waals surface area (Å²) < 4.78 is 61.4. The number of esters is 3. The van der Waals surface area contributed by atoms with Crippen LogP contribution in [0.25, 0.3) is 0 Å². The summed E-state index contributed by atoms with van der Waals surface area (Å²) in [6, 6.07) is 0. The third-order valence-corrected chi connectivity index (χ3v) is 20.4. The standard InChI is InChI=1S/C99H162O16P2/c1-4-7-10-13-16-19-22-25-28-31-34-37-40-41-42-43-44-45-46-47-48-49-50-51-54-56-58-61-64-67-70-73-76-79-82-85-97(102)109-88-94(100)89-111-116(105,106)112-90-95(101)91-113-117(107,108)114-93-96(115-99(104)87-84-81-78-75-72-69-66-63-60-57-53-39-36-33-30-27-24-21-18-15-12-9-6-3)92-110-98(103)86-83-80-77-74-71-68-65-62-59-55-52-38-35-32-29-26-23-20-17-14-11-8-5-2/h7-12,16-21,25-30,34-39,41-42,44-45,55,57,59-60,65,68,94-96,100-101H,4-6,13-15,22-24,31-33,40,43,46-54,56,58,61-64,66-67,69-93H2,1-3H3,(H,105,106)(H,107,108)/b10-7-,11-8-,12-9-,19-16-,20-17-,21-18-,28-25-,29-26-,30-27-,37-34-,38-35-,39-36-,42-41-,45-44-,59-55-,60-57-,68-65-. The number of rotatable bonds is 84. The van der Waals surface area contributed by atoms with Gasteiger partial charge in [0.15, 0.2) is 6.10 Å². The van der Waals surface area contributed by atoms with Crippen LogP contribution in [0.2, 0.25) is 0 Å². The van der Waals surface area contributed by atoms with Crippen molar-refractivity contribution in [2.45, 2.75) is 360 Å². The number of carbonyl (C=O) groups is 3. The zero-order chi connectivity index (χ0) is 85.1. The third-order valence-electron chi connectivity index (χ3n) is 18.5. The smallest absolute Gasteiger partial charge is 0.463 e. The van der Waals surface area contributed by atoms with Crippen molar-refractivity contribution < 1.29 is 75.8 Å². The summed E-state index contributed by atoms with van der Waals surface area (Å²) >= 11 is 0. The molecule has 5 atom stereocenters. The fourth-order valence-electron chi connectivity index (χ4n) is 11.7. The molecule has 0 aliphatic carbocycles. The highest BCUT2D eigenvalue weighted by molar-refractivity contribution is 7.47. The van der Waals surface area contributed by atoms with Crippen molar-refractivity contribution in [3.63, 3.8) is 0 Å². The number of hydrogen-bond donors (Lipinski definition) is 4. The van der Waals surface area contributed by atoms with E-state index in [2.05, 4.69) is 227 Å². The predicted octanol–water partition coefficient (Wildman–Crippen LogP) is 28.0. The first-order valence-corrected chi connectivity index (χ1v) is 48.4. The van der Waals surface area contributed by atoms with E-state index in [-0.39, 0.29) is 19.3 Å². The molecule has 5 unspecified atom stereocenters. The largest absolute Gasteiger partial charge is 0.472 e. The van der Waals surface area contributed by atoms with Gasteiger partial charge in [-0.15, -0.1) is 0 Å². The SMILES string of the molecule is CC/C=C\C/C=C\C/C=C\C/C=C\C/C=C\C/C=C\CCCCCCCCCCCCCCCCCCC(=O)OCC(O)COP(=O)(O)OCC(O)COP(=O)(O)OCC(COC(=O)CCCCCC/C=C\C/C=C\C/C=C\C/C=C\C/C=C\C/C=C\CC)OC(=O)CCCCCCCCC/C=C\C/C=C\C/C=C\C/C=C\C/C=C\CC. The zero-order valence-corrected chi connectivity index (χ0v) is 74.8. The summed E-state index contributed by atoms with van der Waals surface area (Å²) in [7, 11) is -9.83. The fraction of sp³-hybridized carbons (Fsp3) is 0.626. The van der Waals surface area contributed by atoms with Crippen molar-refractivity contribution in [1.82, 2.24) is 0 Å². The van der Waals surface area contributed by atoms with E-state index in [1.54, 1.807) is 0 Å². The molecule has 18 heteroatoms. The van der Waals surface area contributed by atoms with E-state index < -0.39 is 91.5 Å². The Hall–Kier alpha value is -5.87. The van der Waals surface area contributed by atoms with Crippen LogP contribution in [0.15, 0.2) is 207 Å². The topological polar surface area (TPSA) is 231 Å². The van der Waals surface area contributed by atoms with Gasteiger partial charge in [-0.1, -0.05) is 362 Å². The van der Waals surface area contributed by atoms with Gasteiger partial charge in [0.2, 0.25) is 0 Å². The van der Waals surface area contributed by atoms with Crippen LogP contribution in [0.1, 0.15) is 342 Å². The van der Waals surface area contributed by atoms with Crippen LogP contribution < -0.4 is 0 Å². The lowest BCUT2D eigenvalue weighted by atomic mass is 10.0. The molecule has 4 N–H and O–H groups in total. The monoisotopic (exact) mass is 1670 g/mol. The van der Waals surface area contributed by atoms with Crippen LogP contribution in [0.3, 0.4) is 0 Å². The first-order valence-electron chi connectivity index (χ1n) is 45.4. The minimum atomic E-state index is -4.96. The van der Waals surface area contributed by atoms with Crippen molar-refractivity contribution in [3.8, 4) is 0 Å². The number of unbranched alkanes of at least 4 members (excludes halogenated alkanes) is 27. The van der Waals surface area contributed by atoms with Gasteiger partial charge in [0, 0.05) is 19.3 Å². The summed E-state index contributed by atoms with van der Waals surface area (Å²) in [5, 5.41) is 20.7. The highest BCUT2D eigenvalue weighted by Gasteiger charge is 2.29. The lowest BCUT2D eigenvalue weighted by Crippen LogP contribution is -2.30. The molecule has 0 aliphatic rings. The maximum Gasteiger partial charge on any atom is 0.472 e. The lowest BCUT2D eigenvalue weighted by Gasteiger charge is -2.21. The van der Waals surface area contributed by atoms with Gasteiger partial charge in [0.1, 0.15) is 25.4 Å². The number of hydrogen-bond acceptors (Lipinski definition) is 14. The van der Waals surface area contributed by atoms with Crippen molar-refractivity contribution in [2.24, 2.45) is 0 Å². The second kappa shape index (κ2) is 89.4. The minimum absolute atomic E-state index is 0.0777. The number of aliphatic hydroxyl groups excluding tert-OH is 2. The Morgan fingerprint density at radius 2 is 0.427 bits per heavy atom. The fourth-order valence-corrected chi connectivity index (χ4v) is 13.3. The van der Waals surface area contributed by atoms with E-state index in [4.69, 9.17) is 32.3 Å². The van der Waals surface area contributed by atoms with Crippen molar-refractivity contribution in [2.75, 3.05) is 39.6 Å². The molecular weight excluding hydrogens is 1510 g/mol. The minimum Gasteiger partial charge on any atom is -0.463 e. The summed E-state index contributed by atoms with van der Waals surface area (Å²) in [6.07, 6.45) is 120. The molecule has 0 aromatic heterocycles. The molecule has 16 nitrogen and oxygen atoms in total. The first kappa shape index (κ1) is 111. The Kier molecular flexibility index (Phi) is 84.9. The van der Waals surface area contributed by atoms with E-state index in [1.165, 1.54) is 83.5 Å². The number of ether oxygens (including phenoxy) is 3. The molecule has 0 spiro atoms. The molecule has 0 aromatic carbocycles. The summed E-state index contributed by atoms with van der Waals surface area (Å²) in [4.78, 5) is 59.0. The van der Waals surface area contributed by atoms with Crippen molar-refractivity contribution in [3.05, 3.63) is 207 Å². The highest BCUT2D eigenvalue weighted by Crippen LogP contribution is 2.45. The Morgan fingerprint density at radius 1 is 0.239 bits per heavy atom. The second-order valence-corrected chi connectivity index (χ2v) is 32.5. The van der Waals surface area contributed by atoms with Gasteiger partial charge in [-0.05, 0) is 167 Å². The quantitative estimate of drug-likeness (QED) is 0.0146. The molecule has 0 heterocycles. The molecule has 0 radical (unpaired) electrons. The van der Waals surface area contributed by atoms with E-state index in [0.29, 0.717) is 19.3 Å². The molecule has 0 bridgehead atoms. The van der Waals surface area contributed by atoms with E-state index >= 15 is 0 Å². The zero-order valence-electron chi connectivity index (χ0n) is 73.0. The third kappa shape index (κ3) is 90.7. The molecular formula is C99H162O16P2. The van der Waals surface area contributed by atoms with Crippen LogP contribution >= 0.6 is 15.6 Å². The number of aliphatic hydroxyl groups is 2. The summed E-state index contributed by atoms with van der Waals surface area (Å²) in [5.41, 5.74) is 0. The van der Waals surface area contributed by atoms with Gasteiger partial charge < -0.3 is 34.2 Å². The average Bonchev–Trinajstić information content (AvgIpc) is 0.904. The molecule has 117 heavy (non-hydrogen) atoms. The van der Waals surface area contributed by atoms with Crippen LogP contribution in [-0.4, -0.2) is 95.9 Å². The molecule has 0 saturated heterocycles. The van der Waals surface area contributed by atoms with Gasteiger partial charge >= 0.3 is 33.6 Å². The molecule has 0 amide bonds. The van der Waals surface area contributed by atoms with Gasteiger partial charge in [-0.2, -0.15) is 0 Å². The van der Waals surface area contributed by atoms with Gasteiger partial charge in [0.05, 0.1) is 26.4 Å². The number of phosphoric ester groups is 2. The summed E-state index contributed by atoms with van der Waals surface area (Å²) in [6.45, 7) is 2.31. The van der Waals surface area contributed by atoms with Crippen LogP contribution in [0.5, 0.6) is 0 Å². The van der Waals surface area contributed by atoms with E-state index in [1.807, 2.05) is 0 Å². The number of allylic oxidation sites excluding steroid dienone is 34. The van der Waals surface area contributed by atoms with E-state index in [0.717, 1.165) is 199 Å². The second-order valence-electron chi connectivity index (χ2n) is 29.6. The predicted molar refractivity (Wildman–Crippen MR) is 491 cm³/mol. The molecule has 0 aliphatic heterocycles. The Balaban J connectivity index is 4.59. The van der Waals surface area contributed by atoms with Gasteiger partial charge in [0.25, 0.3) is 0 Å². The average molecular weight is 1670 g/mol. The Morgan fingerprint density at radius 3 is 0.675 bits per heavy atom. The Labute approximate surface area is 711 Å². The molecule has 0 fully saturated rings. The molecule has 0 aromatic rings.